The van der Waals surface area contributed by atoms with Crippen molar-refractivity contribution in [1.29, 1.82) is 0 Å². The molecule has 5 nitrogen and oxygen atoms in total. The van der Waals surface area contributed by atoms with E-state index in [0.717, 1.165) is 61.8 Å². The van der Waals surface area contributed by atoms with Crippen LogP contribution in [-0.4, -0.2) is 24.9 Å². The molecule has 0 unspecified atom stereocenters. The van der Waals surface area contributed by atoms with E-state index in [4.69, 9.17) is 24.9 Å². The average Bonchev–Trinajstić information content (AvgIpc) is 3.61. The highest BCUT2D eigenvalue weighted by Gasteiger charge is 2.42. The van der Waals surface area contributed by atoms with Crippen molar-refractivity contribution in [3.8, 4) is 67.5 Å². The number of fused-ring (bicyclic) bond motifs is 8. The van der Waals surface area contributed by atoms with Crippen LogP contribution in [0.5, 0.6) is 0 Å². The van der Waals surface area contributed by atoms with Gasteiger partial charge in [-0.1, -0.05) is 119 Å². The zero-order valence-corrected chi connectivity index (χ0v) is 31.7. The van der Waals surface area contributed by atoms with Gasteiger partial charge in [-0.3, -0.25) is 9.97 Å². The van der Waals surface area contributed by atoms with Crippen LogP contribution < -0.4 is 0 Å². The fourth-order valence-corrected chi connectivity index (χ4v) is 9.27. The van der Waals surface area contributed by atoms with E-state index in [1.54, 1.807) is 6.33 Å². The van der Waals surface area contributed by atoms with Crippen LogP contribution in [0.1, 0.15) is 49.9 Å². The summed E-state index contributed by atoms with van der Waals surface area (Å²) < 4.78 is 0. The topological polar surface area (TPSA) is 64.5 Å². The lowest BCUT2D eigenvalue weighted by atomic mass is 9.79. The minimum atomic E-state index is -0.277. The summed E-state index contributed by atoms with van der Waals surface area (Å²) in [4.78, 5) is 25.0. The minimum absolute atomic E-state index is 0.141. The predicted octanol–water partition coefficient (Wildman–Crippen LogP) is 12.2. The molecule has 5 aromatic carbocycles. The molecule has 4 heterocycles. The van der Waals surface area contributed by atoms with Gasteiger partial charge in [-0.15, -0.1) is 0 Å². The van der Waals surface area contributed by atoms with Gasteiger partial charge < -0.3 is 0 Å². The second-order valence-electron chi connectivity index (χ2n) is 16.2. The molecular formula is C51H37N5. The van der Waals surface area contributed by atoms with Crippen LogP contribution in [0.3, 0.4) is 0 Å². The van der Waals surface area contributed by atoms with Gasteiger partial charge in [0.1, 0.15) is 6.33 Å². The first kappa shape index (κ1) is 32.6. The highest BCUT2D eigenvalue weighted by Crippen LogP contribution is 2.55. The largest absolute Gasteiger partial charge is 0.256 e. The fraction of sp³-hybridized carbons (Fsp3) is 0.118. The second kappa shape index (κ2) is 11.8. The number of benzene rings is 5. The second-order valence-corrected chi connectivity index (χ2v) is 16.2. The van der Waals surface area contributed by atoms with E-state index in [1.165, 1.54) is 49.5 Å². The van der Waals surface area contributed by atoms with Crippen molar-refractivity contribution in [3.63, 3.8) is 0 Å². The molecule has 0 atom stereocenters. The van der Waals surface area contributed by atoms with Crippen LogP contribution in [0.25, 0.3) is 89.1 Å². The standard InChI is InChI=1S/C51H37N5/c1-50(2)40-20-11-21-52-48(40)38-25-42-39(26-41(38)50)49-43(51(42,3)4)22-33(28-53-49)44-23-32(36-18-9-14-30-12-5-7-16-34(30)36)24-47(56-44)46-27-45(54-29-55-46)37-19-10-15-31-13-6-8-17-35(31)37/h5-29H,1-4H3. The molecule has 0 fully saturated rings. The number of pyridine rings is 3. The van der Waals surface area contributed by atoms with Crippen molar-refractivity contribution in [1.82, 2.24) is 24.9 Å². The van der Waals surface area contributed by atoms with E-state index in [9.17, 15) is 0 Å². The predicted molar refractivity (Wildman–Crippen MR) is 227 cm³/mol. The molecule has 0 saturated carbocycles. The number of hydrogen-bond donors (Lipinski definition) is 0. The van der Waals surface area contributed by atoms with Crippen LogP contribution in [0.4, 0.5) is 0 Å². The fourth-order valence-electron chi connectivity index (χ4n) is 9.27. The Labute approximate surface area is 325 Å². The number of hydrogen-bond acceptors (Lipinski definition) is 5. The molecule has 0 spiro atoms. The van der Waals surface area contributed by atoms with E-state index >= 15 is 0 Å². The molecule has 4 aromatic heterocycles. The molecular weight excluding hydrogens is 683 g/mol. The van der Waals surface area contributed by atoms with E-state index in [1.807, 2.05) is 18.5 Å². The van der Waals surface area contributed by atoms with Gasteiger partial charge in [0.25, 0.3) is 0 Å². The molecule has 56 heavy (non-hydrogen) atoms. The number of aromatic nitrogens is 5. The van der Waals surface area contributed by atoms with Gasteiger partial charge in [0.05, 0.1) is 34.2 Å². The molecule has 5 heteroatoms. The Morgan fingerprint density at radius 3 is 1.75 bits per heavy atom. The Morgan fingerprint density at radius 2 is 1.00 bits per heavy atom. The molecule has 9 aromatic rings. The summed E-state index contributed by atoms with van der Waals surface area (Å²) in [5, 5.41) is 4.71. The van der Waals surface area contributed by atoms with Crippen molar-refractivity contribution in [2.75, 3.05) is 0 Å². The first-order chi connectivity index (χ1) is 27.3. The summed E-state index contributed by atoms with van der Waals surface area (Å²) in [6, 6.07) is 47.6. The normalized spacial score (nSPS) is 14.4. The summed E-state index contributed by atoms with van der Waals surface area (Å²) in [5.74, 6) is 0. The molecule has 2 aliphatic rings. The van der Waals surface area contributed by atoms with E-state index in [2.05, 4.69) is 155 Å². The number of rotatable bonds is 4. The Morgan fingerprint density at radius 1 is 0.393 bits per heavy atom. The molecule has 0 aliphatic heterocycles. The molecule has 266 valence electrons. The lowest BCUT2D eigenvalue weighted by Crippen LogP contribution is -2.17. The van der Waals surface area contributed by atoms with Gasteiger partial charge in [-0.05, 0) is 97.4 Å². The Bertz CT molecular complexity index is 3090. The monoisotopic (exact) mass is 719 g/mol. The van der Waals surface area contributed by atoms with E-state index in [-0.39, 0.29) is 10.8 Å². The van der Waals surface area contributed by atoms with Crippen molar-refractivity contribution in [3.05, 3.63) is 174 Å². The van der Waals surface area contributed by atoms with Gasteiger partial charge in [-0.2, -0.15) is 0 Å². The van der Waals surface area contributed by atoms with Crippen LogP contribution in [0.2, 0.25) is 0 Å². The third-order valence-corrected chi connectivity index (χ3v) is 12.3. The molecule has 0 N–H and O–H groups in total. The first-order valence-electron chi connectivity index (χ1n) is 19.2. The first-order valence-corrected chi connectivity index (χ1v) is 19.2. The third-order valence-electron chi connectivity index (χ3n) is 12.3. The van der Waals surface area contributed by atoms with Gasteiger partial charge in [-0.25, -0.2) is 15.0 Å². The molecule has 0 bridgehead atoms. The Kier molecular flexibility index (Phi) is 6.88. The molecule has 0 amide bonds. The van der Waals surface area contributed by atoms with Crippen molar-refractivity contribution in [2.24, 2.45) is 0 Å². The van der Waals surface area contributed by atoms with Crippen LogP contribution in [0.15, 0.2) is 152 Å². The Balaban J connectivity index is 1.08. The zero-order chi connectivity index (χ0) is 37.8. The zero-order valence-electron chi connectivity index (χ0n) is 31.7. The quantitative estimate of drug-likeness (QED) is 0.181. The van der Waals surface area contributed by atoms with Crippen LogP contribution in [0, 0.1) is 0 Å². The number of nitrogens with zero attached hydrogens (tertiary/aromatic N) is 5. The van der Waals surface area contributed by atoms with E-state index < -0.39 is 0 Å². The smallest absolute Gasteiger partial charge is 0.116 e. The maximum atomic E-state index is 5.36. The molecule has 11 rings (SSSR count). The lowest BCUT2D eigenvalue weighted by molar-refractivity contribution is 0.651. The minimum Gasteiger partial charge on any atom is -0.256 e. The third kappa shape index (κ3) is 4.77. The summed E-state index contributed by atoms with van der Waals surface area (Å²) >= 11 is 0. The summed E-state index contributed by atoms with van der Waals surface area (Å²) in [5.41, 5.74) is 16.7. The Hall–Kier alpha value is -6.85. The lowest BCUT2D eigenvalue weighted by Gasteiger charge is -2.24. The average molecular weight is 720 g/mol. The maximum Gasteiger partial charge on any atom is 0.116 e. The van der Waals surface area contributed by atoms with Crippen molar-refractivity contribution in [2.45, 2.75) is 38.5 Å². The summed E-state index contributed by atoms with van der Waals surface area (Å²) in [6.07, 6.45) is 5.56. The SMILES string of the molecule is CC1(C)c2cc3c(cc2-c2ncccc21)C(C)(C)c1cc(-c2cc(-c4cccc5ccccc45)cc(-c4cc(-c5cccc6ccccc56)ncn4)n2)cnc1-3. The molecule has 0 radical (unpaired) electrons. The van der Waals surface area contributed by atoms with Crippen molar-refractivity contribution >= 4 is 21.5 Å². The highest BCUT2D eigenvalue weighted by atomic mass is 14.9. The van der Waals surface area contributed by atoms with Gasteiger partial charge in [0, 0.05) is 45.5 Å². The highest BCUT2D eigenvalue weighted by molar-refractivity contribution is 5.99. The van der Waals surface area contributed by atoms with E-state index in [0.29, 0.717) is 0 Å². The summed E-state index contributed by atoms with van der Waals surface area (Å²) in [7, 11) is 0. The van der Waals surface area contributed by atoms with Crippen LogP contribution >= 0.6 is 0 Å². The summed E-state index contributed by atoms with van der Waals surface area (Å²) in [6.45, 7) is 9.24. The maximum absolute atomic E-state index is 5.36. The van der Waals surface area contributed by atoms with Gasteiger partial charge >= 0.3 is 0 Å². The van der Waals surface area contributed by atoms with Crippen LogP contribution in [-0.2, 0) is 10.8 Å². The molecule has 2 aliphatic carbocycles. The molecule has 0 saturated heterocycles. The van der Waals surface area contributed by atoms with Gasteiger partial charge in [0.15, 0.2) is 0 Å². The van der Waals surface area contributed by atoms with Gasteiger partial charge in [0.2, 0.25) is 0 Å². The van der Waals surface area contributed by atoms with Crippen molar-refractivity contribution < 1.29 is 0 Å².